The van der Waals surface area contributed by atoms with Gasteiger partial charge in [-0.3, -0.25) is 4.79 Å². The zero-order valence-corrected chi connectivity index (χ0v) is 8.88. The minimum atomic E-state index is -0.454. The van der Waals surface area contributed by atoms with Crippen molar-refractivity contribution in [3.8, 4) is 0 Å². The van der Waals surface area contributed by atoms with Crippen LogP contribution in [0.3, 0.4) is 0 Å². The van der Waals surface area contributed by atoms with Crippen LogP contribution in [0.5, 0.6) is 0 Å². The highest BCUT2D eigenvalue weighted by molar-refractivity contribution is 8.93. The van der Waals surface area contributed by atoms with Gasteiger partial charge in [-0.2, -0.15) is 0 Å². The number of hydrogen-bond acceptors (Lipinski definition) is 3. The molecule has 0 rings (SSSR count). The van der Waals surface area contributed by atoms with Crippen molar-refractivity contribution in [1.29, 1.82) is 0 Å². The molecule has 0 aliphatic rings. The maximum Gasteiger partial charge on any atom is 0.322 e. The van der Waals surface area contributed by atoms with E-state index in [4.69, 9.17) is 5.73 Å². The largest absolute Gasteiger partial charge is 0.468 e. The summed E-state index contributed by atoms with van der Waals surface area (Å²) in [4.78, 5) is 10.7. The third-order valence-corrected chi connectivity index (χ3v) is 1.23. The zero-order valence-electron chi connectivity index (χ0n) is 7.16. The molecule has 2 N–H and O–H groups in total. The first-order chi connectivity index (χ1) is 4.57. The summed E-state index contributed by atoms with van der Waals surface area (Å²) in [5, 5.41) is 0. The van der Waals surface area contributed by atoms with E-state index in [1.807, 2.05) is 13.8 Å². The summed E-state index contributed by atoms with van der Waals surface area (Å²) in [7, 11) is 1.35. The predicted octanol–water partition coefficient (Wildman–Crippen LogP) is 1.11. The molecule has 0 aliphatic heterocycles. The first-order valence-corrected chi connectivity index (χ1v) is 3.41. The van der Waals surface area contributed by atoms with Crippen LogP contribution in [0.15, 0.2) is 0 Å². The maximum absolute atomic E-state index is 10.7. The van der Waals surface area contributed by atoms with Crippen LogP contribution < -0.4 is 5.73 Å². The Hall–Kier alpha value is -0.0900. The molecule has 0 spiro atoms. The lowest BCUT2D eigenvalue weighted by molar-refractivity contribution is -0.142. The zero-order chi connectivity index (χ0) is 8.15. The second kappa shape index (κ2) is 6.61. The monoisotopic (exact) mass is 225 g/mol. The van der Waals surface area contributed by atoms with Gasteiger partial charge in [0.2, 0.25) is 0 Å². The molecule has 1 atom stereocenters. The Morgan fingerprint density at radius 2 is 2.00 bits per heavy atom. The third-order valence-electron chi connectivity index (χ3n) is 1.23. The number of methoxy groups -OCH3 is 1. The third kappa shape index (κ3) is 6.31. The molecule has 0 heterocycles. The number of carbonyl (C=O) groups is 1. The van der Waals surface area contributed by atoms with Gasteiger partial charge in [0.25, 0.3) is 0 Å². The second-order valence-corrected chi connectivity index (χ2v) is 2.76. The summed E-state index contributed by atoms with van der Waals surface area (Å²) in [5.74, 6) is 0.114. The van der Waals surface area contributed by atoms with Gasteiger partial charge in [-0.25, -0.2) is 0 Å². The number of halogens is 1. The van der Waals surface area contributed by atoms with Gasteiger partial charge in [0.1, 0.15) is 6.04 Å². The van der Waals surface area contributed by atoms with Crippen LogP contribution in [0.1, 0.15) is 20.3 Å². The fourth-order valence-electron chi connectivity index (χ4n) is 0.755. The molecule has 0 aromatic carbocycles. The number of rotatable bonds is 3. The van der Waals surface area contributed by atoms with Crippen LogP contribution in [0.4, 0.5) is 0 Å². The van der Waals surface area contributed by atoms with E-state index < -0.39 is 6.04 Å². The van der Waals surface area contributed by atoms with Crippen molar-refractivity contribution in [3.05, 3.63) is 0 Å². The van der Waals surface area contributed by atoms with Gasteiger partial charge in [0, 0.05) is 0 Å². The fraction of sp³-hybridized carbons (Fsp3) is 0.857. The number of esters is 1. The van der Waals surface area contributed by atoms with Crippen LogP contribution >= 0.6 is 17.0 Å². The van der Waals surface area contributed by atoms with E-state index in [0.29, 0.717) is 12.3 Å². The van der Waals surface area contributed by atoms with Crippen molar-refractivity contribution >= 4 is 23.0 Å². The SMILES string of the molecule is Br.COC(=O)[C@@H](N)CC(C)C. The number of hydrogen-bond donors (Lipinski definition) is 1. The fourth-order valence-corrected chi connectivity index (χ4v) is 0.755. The van der Waals surface area contributed by atoms with Crippen LogP contribution in [-0.2, 0) is 9.53 Å². The summed E-state index contributed by atoms with van der Waals surface area (Å²) in [5.41, 5.74) is 5.45. The number of carbonyl (C=O) groups excluding carboxylic acids is 1. The molecule has 0 amide bonds. The molecule has 0 saturated carbocycles. The lowest BCUT2D eigenvalue weighted by Crippen LogP contribution is -2.32. The molecule has 11 heavy (non-hydrogen) atoms. The highest BCUT2D eigenvalue weighted by Gasteiger charge is 2.14. The molecule has 0 unspecified atom stereocenters. The van der Waals surface area contributed by atoms with Crippen LogP contribution in [0.2, 0.25) is 0 Å². The average Bonchev–Trinajstić information content (AvgIpc) is 1.85. The first kappa shape index (κ1) is 13.5. The van der Waals surface area contributed by atoms with E-state index >= 15 is 0 Å². The highest BCUT2D eigenvalue weighted by Crippen LogP contribution is 2.02. The molecule has 4 heteroatoms. The lowest BCUT2D eigenvalue weighted by Gasteiger charge is -2.10. The summed E-state index contributed by atoms with van der Waals surface area (Å²) < 4.78 is 4.45. The van der Waals surface area contributed by atoms with E-state index in [-0.39, 0.29) is 23.0 Å². The Labute approximate surface area is 78.1 Å². The molecule has 0 aromatic heterocycles. The lowest BCUT2D eigenvalue weighted by atomic mass is 10.1. The minimum absolute atomic E-state index is 0. The van der Waals surface area contributed by atoms with Gasteiger partial charge in [0.15, 0.2) is 0 Å². The first-order valence-electron chi connectivity index (χ1n) is 3.41. The Morgan fingerprint density at radius 1 is 1.55 bits per heavy atom. The molecule has 0 fully saturated rings. The molecule has 0 radical (unpaired) electrons. The predicted molar refractivity (Wildman–Crippen MR) is 49.8 cm³/mol. The Balaban J connectivity index is 0. The maximum atomic E-state index is 10.7. The van der Waals surface area contributed by atoms with E-state index in [1.54, 1.807) is 0 Å². The molecular formula is C7H16BrNO2. The van der Waals surface area contributed by atoms with E-state index in [9.17, 15) is 4.79 Å². The Bertz CT molecular complexity index is 117. The van der Waals surface area contributed by atoms with Gasteiger partial charge in [-0.1, -0.05) is 13.8 Å². The van der Waals surface area contributed by atoms with Crippen molar-refractivity contribution < 1.29 is 9.53 Å². The normalized spacial score (nSPS) is 12.1. The van der Waals surface area contributed by atoms with Crippen LogP contribution in [0.25, 0.3) is 0 Å². The summed E-state index contributed by atoms with van der Waals surface area (Å²) in [6.07, 6.45) is 0.687. The van der Waals surface area contributed by atoms with E-state index in [0.717, 1.165) is 0 Å². The minimum Gasteiger partial charge on any atom is -0.468 e. The van der Waals surface area contributed by atoms with Crippen molar-refractivity contribution in [2.75, 3.05) is 7.11 Å². The number of ether oxygens (including phenoxy) is 1. The summed E-state index contributed by atoms with van der Waals surface area (Å²) in [6.45, 7) is 4.03. The van der Waals surface area contributed by atoms with Crippen molar-refractivity contribution in [3.63, 3.8) is 0 Å². The molecule has 68 valence electrons. The topological polar surface area (TPSA) is 52.3 Å². The standard InChI is InChI=1S/C7H15NO2.BrH/c1-5(2)4-6(8)7(9)10-3;/h5-6H,4,8H2,1-3H3;1H/t6-;/m0./s1. The molecule has 0 saturated heterocycles. The van der Waals surface area contributed by atoms with Gasteiger partial charge in [0.05, 0.1) is 7.11 Å². The van der Waals surface area contributed by atoms with Gasteiger partial charge < -0.3 is 10.5 Å². The Kier molecular flexibility index (Phi) is 8.11. The van der Waals surface area contributed by atoms with E-state index in [1.165, 1.54) is 7.11 Å². The highest BCUT2D eigenvalue weighted by atomic mass is 79.9. The molecule has 0 bridgehead atoms. The van der Waals surface area contributed by atoms with Crippen LogP contribution in [0, 0.1) is 5.92 Å². The average molecular weight is 226 g/mol. The molecule has 3 nitrogen and oxygen atoms in total. The number of nitrogens with two attached hydrogens (primary N) is 1. The van der Waals surface area contributed by atoms with E-state index in [2.05, 4.69) is 4.74 Å². The van der Waals surface area contributed by atoms with Crippen molar-refractivity contribution in [2.45, 2.75) is 26.3 Å². The molecular weight excluding hydrogens is 210 g/mol. The quantitative estimate of drug-likeness (QED) is 0.733. The molecule has 0 aromatic rings. The van der Waals surface area contributed by atoms with Gasteiger partial charge >= 0.3 is 5.97 Å². The smallest absolute Gasteiger partial charge is 0.322 e. The molecule has 0 aliphatic carbocycles. The van der Waals surface area contributed by atoms with Gasteiger partial charge in [-0.05, 0) is 12.3 Å². The summed E-state index contributed by atoms with van der Waals surface area (Å²) >= 11 is 0. The second-order valence-electron chi connectivity index (χ2n) is 2.76. The van der Waals surface area contributed by atoms with Crippen molar-refractivity contribution in [2.24, 2.45) is 11.7 Å². The van der Waals surface area contributed by atoms with Crippen LogP contribution in [-0.4, -0.2) is 19.1 Å². The Morgan fingerprint density at radius 3 is 2.27 bits per heavy atom. The van der Waals surface area contributed by atoms with Crippen molar-refractivity contribution in [1.82, 2.24) is 0 Å². The van der Waals surface area contributed by atoms with Gasteiger partial charge in [-0.15, -0.1) is 17.0 Å². The summed E-state index contributed by atoms with van der Waals surface area (Å²) in [6, 6.07) is -0.454.